The molecule has 54 heavy (non-hydrogen) atoms. The number of benzene rings is 7. The van der Waals surface area contributed by atoms with E-state index in [1.807, 2.05) is 130 Å². The fourth-order valence-electron chi connectivity index (χ4n) is 5.85. The standard InChI is InChI=1S/C48H36O6/c1-31-4-10-34(11-5-31)37-16-22-40(23-17-37)46(49)52-43-28-44(53-47(50)41-24-18-38(19-25-41)35-12-6-32(2)7-13-35)30-45(29-43)54-48(51)42-26-20-39(21-27-42)36-14-8-33(3)9-15-36/h4-30H,1-3H3. The maximum atomic E-state index is 13.3. The number of esters is 3. The van der Waals surface area contributed by atoms with Crippen LogP contribution in [0.25, 0.3) is 33.4 Å². The maximum absolute atomic E-state index is 13.3. The van der Waals surface area contributed by atoms with E-state index in [4.69, 9.17) is 14.2 Å². The van der Waals surface area contributed by atoms with Crippen molar-refractivity contribution in [3.8, 4) is 50.6 Å². The zero-order chi connectivity index (χ0) is 37.6. The van der Waals surface area contributed by atoms with E-state index in [0.29, 0.717) is 16.7 Å². The summed E-state index contributed by atoms with van der Waals surface area (Å²) < 4.78 is 17.2. The molecule has 0 spiro atoms. The van der Waals surface area contributed by atoms with Gasteiger partial charge in [0.15, 0.2) is 0 Å². The molecule has 0 aliphatic carbocycles. The molecule has 0 atom stereocenters. The van der Waals surface area contributed by atoms with E-state index < -0.39 is 17.9 Å². The summed E-state index contributed by atoms with van der Waals surface area (Å²) in [4.78, 5) is 39.9. The van der Waals surface area contributed by atoms with Gasteiger partial charge in [-0.2, -0.15) is 0 Å². The van der Waals surface area contributed by atoms with Gasteiger partial charge in [-0.05, 0) is 90.6 Å². The van der Waals surface area contributed by atoms with Gasteiger partial charge in [0.2, 0.25) is 0 Å². The molecular formula is C48H36O6. The molecule has 0 saturated heterocycles. The summed E-state index contributed by atoms with van der Waals surface area (Å²) in [5.74, 6) is -1.82. The van der Waals surface area contributed by atoms with Crippen molar-refractivity contribution in [3.63, 3.8) is 0 Å². The topological polar surface area (TPSA) is 78.9 Å². The van der Waals surface area contributed by atoms with Crippen LogP contribution in [0.2, 0.25) is 0 Å². The molecule has 0 aliphatic rings. The second-order valence-corrected chi connectivity index (χ2v) is 13.1. The van der Waals surface area contributed by atoms with Crippen LogP contribution in [-0.4, -0.2) is 17.9 Å². The molecule has 0 aromatic heterocycles. The predicted octanol–water partition coefficient (Wildman–Crippen LogP) is 11.3. The molecule has 6 heteroatoms. The number of rotatable bonds is 9. The summed E-state index contributed by atoms with van der Waals surface area (Å²) >= 11 is 0. The van der Waals surface area contributed by atoms with E-state index in [9.17, 15) is 14.4 Å². The molecule has 7 rings (SSSR count). The molecule has 0 N–H and O–H groups in total. The highest BCUT2D eigenvalue weighted by atomic mass is 16.6. The number of carbonyl (C=O) groups excluding carboxylic acids is 3. The van der Waals surface area contributed by atoms with Gasteiger partial charge < -0.3 is 14.2 Å². The lowest BCUT2D eigenvalue weighted by molar-refractivity contribution is 0.0730. The number of ether oxygens (including phenoxy) is 3. The molecule has 7 aromatic rings. The normalized spacial score (nSPS) is 10.7. The molecule has 0 bridgehead atoms. The van der Waals surface area contributed by atoms with Crippen LogP contribution in [0.3, 0.4) is 0 Å². The van der Waals surface area contributed by atoms with Crippen molar-refractivity contribution in [2.24, 2.45) is 0 Å². The molecule has 7 aromatic carbocycles. The first kappa shape index (κ1) is 35.4. The molecule has 264 valence electrons. The number of aryl methyl sites for hydroxylation is 3. The minimum absolute atomic E-state index is 0.0279. The Balaban J connectivity index is 1.11. The summed E-state index contributed by atoms with van der Waals surface area (Å²) in [6, 6.07) is 49.7. The molecule has 0 unspecified atom stereocenters. The van der Waals surface area contributed by atoms with E-state index in [2.05, 4.69) is 0 Å². The SMILES string of the molecule is Cc1ccc(-c2ccc(C(=O)Oc3cc(OC(=O)c4ccc(-c5ccc(C)cc5)cc4)cc(OC(=O)c4ccc(-c5ccc(C)cc5)cc4)c3)cc2)cc1. The van der Waals surface area contributed by atoms with Gasteiger partial charge in [-0.1, -0.05) is 126 Å². The summed E-state index contributed by atoms with van der Waals surface area (Å²) in [6.45, 7) is 6.08. The first-order chi connectivity index (χ1) is 26.2. The van der Waals surface area contributed by atoms with Gasteiger partial charge in [0, 0.05) is 18.2 Å². The zero-order valence-electron chi connectivity index (χ0n) is 30.0. The van der Waals surface area contributed by atoms with Gasteiger partial charge >= 0.3 is 17.9 Å². The van der Waals surface area contributed by atoms with Crippen LogP contribution in [0.1, 0.15) is 47.8 Å². The summed E-state index contributed by atoms with van der Waals surface area (Å²) in [6.07, 6.45) is 0. The second kappa shape index (κ2) is 15.7. The minimum Gasteiger partial charge on any atom is -0.423 e. The molecular weight excluding hydrogens is 673 g/mol. The summed E-state index contributed by atoms with van der Waals surface area (Å²) in [7, 11) is 0. The van der Waals surface area contributed by atoms with Gasteiger partial charge in [0.05, 0.1) is 16.7 Å². The lowest BCUT2D eigenvalue weighted by Crippen LogP contribution is -2.12. The van der Waals surface area contributed by atoms with Gasteiger partial charge in [-0.3, -0.25) is 0 Å². The maximum Gasteiger partial charge on any atom is 0.343 e. The van der Waals surface area contributed by atoms with Gasteiger partial charge in [-0.15, -0.1) is 0 Å². The fraction of sp³-hybridized carbons (Fsp3) is 0.0625. The highest BCUT2D eigenvalue weighted by Crippen LogP contribution is 2.31. The van der Waals surface area contributed by atoms with Crippen LogP contribution in [0, 0.1) is 20.8 Å². The quantitative estimate of drug-likeness (QED) is 0.110. The molecule has 0 saturated carbocycles. The summed E-state index contributed by atoms with van der Waals surface area (Å²) in [5, 5.41) is 0. The van der Waals surface area contributed by atoms with Crippen LogP contribution in [-0.2, 0) is 0 Å². The zero-order valence-corrected chi connectivity index (χ0v) is 30.0. The van der Waals surface area contributed by atoms with Crippen LogP contribution in [0.15, 0.2) is 164 Å². The average Bonchev–Trinajstić information content (AvgIpc) is 3.19. The Morgan fingerprint density at radius 1 is 0.296 bits per heavy atom. The van der Waals surface area contributed by atoms with Crippen molar-refractivity contribution in [2.45, 2.75) is 20.8 Å². The van der Waals surface area contributed by atoms with Gasteiger partial charge in [0.1, 0.15) is 17.2 Å². The lowest BCUT2D eigenvalue weighted by Gasteiger charge is -2.12. The van der Waals surface area contributed by atoms with E-state index in [0.717, 1.165) is 50.1 Å². The first-order valence-corrected chi connectivity index (χ1v) is 17.5. The Morgan fingerprint density at radius 3 is 0.685 bits per heavy atom. The number of carbonyl (C=O) groups is 3. The Labute approximate surface area is 314 Å². The van der Waals surface area contributed by atoms with Crippen LogP contribution < -0.4 is 14.2 Å². The second-order valence-electron chi connectivity index (χ2n) is 13.1. The van der Waals surface area contributed by atoms with Crippen molar-refractivity contribution in [1.29, 1.82) is 0 Å². The smallest absolute Gasteiger partial charge is 0.343 e. The van der Waals surface area contributed by atoms with Crippen molar-refractivity contribution in [2.75, 3.05) is 0 Å². The summed E-state index contributed by atoms with van der Waals surface area (Å²) in [5.41, 5.74) is 10.3. The predicted molar refractivity (Wildman–Crippen MR) is 211 cm³/mol. The molecule has 0 heterocycles. The first-order valence-electron chi connectivity index (χ1n) is 17.5. The van der Waals surface area contributed by atoms with E-state index in [-0.39, 0.29) is 17.2 Å². The van der Waals surface area contributed by atoms with Crippen molar-refractivity contribution >= 4 is 17.9 Å². The highest BCUT2D eigenvalue weighted by Gasteiger charge is 2.17. The van der Waals surface area contributed by atoms with Gasteiger partial charge in [0.25, 0.3) is 0 Å². The lowest BCUT2D eigenvalue weighted by atomic mass is 10.0. The Hall–Kier alpha value is -7.05. The number of hydrogen-bond acceptors (Lipinski definition) is 6. The fourth-order valence-corrected chi connectivity index (χ4v) is 5.85. The Kier molecular flexibility index (Phi) is 10.3. The van der Waals surface area contributed by atoms with E-state index in [1.165, 1.54) is 18.2 Å². The number of hydrogen-bond donors (Lipinski definition) is 0. The monoisotopic (exact) mass is 708 g/mol. The largest absolute Gasteiger partial charge is 0.423 e. The highest BCUT2D eigenvalue weighted by molar-refractivity contribution is 5.94. The third-order valence-electron chi connectivity index (χ3n) is 9.00. The van der Waals surface area contributed by atoms with Gasteiger partial charge in [-0.25, -0.2) is 14.4 Å². The van der Waals surface area contributed by atoms with Crippen LogP contribution in [0.5, 0.6) is 17.2 Å². The third-order valence-corrected chi connectivity index (χ3v) is 9.00. The average molecular weight is 709 g/mol. The molecule has 0 aliphatic heterocycles. The van der Waals surface area contributed by atoms with E-state index >= 15 is 0 Å². The molecule has 0 amide bonds. The Bertz CT molecular complexity index is 2140. The Morgan fingerprint density at radius 2 is 0.481 bits per heavy atom. The molecule has 0 fully saturated rings. The van der Waals surface area contributed by atoms with Crippen molar-refractivity contribution in [1.82, 2.24) is 0 Å². The van der Waals surface area contributed by atoms with Crippen molar-refractivity contribution < 1.29 is 28.6 Å². The minimum atomic E-state index is -0.635. The molecule has 6 nitrogen and oxygen atoms in total. The third kappa shape index (κ3) is 8.52. The van der Waals surface area contributed by atoms with E-state index in [1.54, 1.807) is 36.4 Å². The van der Waals surface area contributed by atoms with Crippen LogP contribution in [0.4, 0.5) is 0 Å². The van der Waals surface area contributed by atoms with Crippen LogP contribution >= 0.6 is 0 Å². The molecule has 0 radical (unpaired) electrons. The van der Waals surface area contributed by atoms with Crippen molar-refractivity contribution in [3.05, 3.63) is 197 Å².